The molecule has 0 N–H and O–H groups in total. The molecule has 2 aromatic rings. The Balaban J connectivity index is 1.83. The van der Waals surface area contributed by atoms with Gasteiger partial charge in [0.1, 0.15) is 0 Å². The third-order valence-corrected chi connectivity index (χ3v) is 7.75. The Kier molecular flexibility index (Phi) is 5.71. The highest BCUT2D eigenvalue weighted by molar-refractivity contribution is 7.45. The van der Waals surface area contributed by atoms with Crippen LogP contribution in [-0.2, 0) is 12.8 Å². The molecule has 0 radical (unpaired) electrons. The van der Waals surface area contributed by atoms with Crippen molar-refractivity contribution >= 4 is 28.9 Å². The summed E-state index contributed by atoms with van der Waals surface area (Å²) in [5.41, 5.74) is 3.94. The van der Waals surface area contributed by atoms with Gasteiger partial charge < -0.3 is 0 Å². The molecule has 106 valence electrons. The molecule has 0 spiro atoms. The van der Waals surface area contributed by atoms with Crippen LogP contribution in [0.25, 0.3) is 0 Å². The summed E-state index contributed by atoms with van der Waals surface area (Å²) in [5.74, 6) is 0. The van der Waals surface area contributed by atoms with E-state index in [-0.39, 0.29) is 0 Å². The molecule has 2 rings (SSSR count). The number of rotatable bonds is 6. The second-order valence-corrected chi connectivity index (χ2v) is 13.0. The molecule has 0 nitrogen and oxygen atoms in total. The summed E-state index contributed by atoms with van der Waals surface area (Å²) < 4.78 is 0. The van der Waals surface area contributed by atoms with Gasteiger partial charge in [0.05, 0.1) is 0 Å². The van der Waals surface area contributed by atoms with Crippen LogP contribution in [0.1, 0.15) is 16.7 Å². The molecule has 0 aliphatic carbocycles. The molecule has 0 saturated heterocycles. The molecule has 0 fully saturated rings. The summed E-state index contributed by atoms with van der Waals surface area (Å²) >= 11 is 13.1. The van der Waals surface area contributed by atoms with Gasteiger partial charge in [-0.2, -0.15) is 0 Å². The lowest BCUT2D eigenvalue weighted by atomic mass is 10.1. The van der Waals surface area contributed by atoms with Crippen LogP contribution < -0.4 is 0 Å². The van der Waals surface area contributed by atoms with Gasteiger partial charge in [-0.1, -0.05) is 60.2 Å². The second-order valence-electron chi connectivity index (χ2n) is 5.33. The Bertz CT molecular complexity index is 520. The van der Waals surface area contributed by atoms with Crippen LogP contribution in [0.5, 0.6) is 0 Å². The maximum atomic E-state index is 6.57. The van der Waals surface area contributed by atoms with E-state index < -0.39 is 6.69 Å². The van der Waals surface area contributed by atoms with Gasteiger partial charge in [-0.25, -0.2) is 0 Å². The van der Waals surface area contributed by atoms with Crippen LogP contribution in [0.15, 0.2) is 54.6 Å². The van der Waals surface area contributed by atoms with E-state index >= 15 is 0 Å². The summed E-state index contributed by atoms with van der Waals surface area (Å²) in [7, 11) is 0. The van der Waals surface area contributed by atoms with Gasteiger partial charge in [0.2, 0.25) is 0 Å². The second kappa shape index (κ2) is 7.30. The van der Waals surface area contributed by atoms with Crippen LogP contribution in [0.4, 0.5) is 0 Å². The fourth-order valence-electron chi connectivity index (χ4n) is 2.18. The average molecular weight is 323 g/mol. The van der Waals surface area contributed by atoms with E-state index in [1.807, 2.05) is 6.07 Å². The third kappa shape index (κ3) is 5.32. The fraction of sp³-hybridized carbons (Fsp3) is 0.294. The van der Waals surface area contributed by atoms with Crippen molar-refractivity contribution in [2.24, 2.45) is 0 Å². The smallest absolute Gasteiger partial charge is 0.146 e. The van der Waals surface area contributed by atoms with Crippen molar-refractivity contribution in [3.05, 3.63) is 71.3 Å². The lowest BCUT2D eigenvalue weighted by Crippen LogP contribution is -2.20. The Morgan fingerprint density at radius 1 is 0.750 bits per heavy atom. The Hall–Kier alpha value is -0.763. The molecule has 0 unspecified atom stereocenters. The van der Waals surface area contributed by atoms with E-state index in [9.17, 15) is 0 Å². The first-order chi connectivity index (χ1) is 9.55. The summed E-state index contributed by atoms with van der Waals surface area (Å²) in [4.78, 5) is 0. The van der Waals surface area contributed by atoms with E-state index in [1.54, 1.807) is 0 Å². The summed E-state index contributed by atoms with van der Waals surface area (Å²) in [6, 6.07) is 20.9. The zero-order valence-electron chi connectivity index (χ0n) is 11.8. The molecule has 0 saturated carbocycles. The van der Waals surface area contributed by atoms with E-state index in [4.69, 9.17) is 22.2 Å². The quantitative estimate of drug-likeness (QED) is 0.472. The highest BCUT2D eigenvalue weighted by atomic mass is 35.7. The van der Waals surface area contributed by atoms with E-state index in [0.717, 1.165) is 24.9 Å². The van der Waals surface area contributed by atoms with Gasteiger partial charge >= 0.3 is 0 Å². The van der Waals surface area contributed by atoms with Crippen molar-refractivity contribution in [3.63, 3.8) is 0 Å². The summed E-state index contributed by atoms with van der Waals surface area (Å²) in [5, 5.41) is 0. The van der Waals surface area contributed by atoms with E-state index in [0.29, 0.717) is 0 Å². The minimum absolute atomic E-state index is 0.923. The Labute approximate surface area is 132 Å². The van der Waals surface area contributed by atoms with Crippen molar-refractivity contribution in [2.75, 3.05) is 0 Å². The predicted molar refractivity (Wildman–Crippen MR) is 92.1 cm³/mol. The molecule has 3 heteroatoms. The summed E-state index contributed by atoms with van der Waals surface area (Å²) in [6.45, 7) is -0.0351. The first-order valence-corrected chi connectivity index (χ1v) is 11.5. The standard InChI is InChI=1S/C17H20Cl2Si/c1-15-7-9-17(10-8-15)12-14-20(18,19)13-11-16-5-3-2-4-6-16/h2-10H,11-14H2,1H3. The molecule has 2 aromatic carbocycles. The third-order valence-electron chi connectivity index (χ3n) is 3.52. The minimum atomic E-state index is -2.14. The van der Waals surface area contributed by atoms with Gasteiger partial charge in [-0.15, -0.1) is 22.2 Å². The number of hydrogen-bond acceptors (Lipinski definition) is 0. The van der Waals surface area contributed by atoms with E-state index in [2.05, 4.69) is 55.5 Å². The number of aryl methyl sites for hydroxylation is 3. The molecule has 0 heterocycles. The molecule has 0 aromatic heterocycles. The van der Waals surface area contributed by atoms with Crippen molar-refractivity contribution in [1.82, 2.24) is 0 Å². The highest BCUT2D eigenvalue weighted by Crippen LogP contribution is 2.29. The Morgan fingerprint density at radius 3 is 1.80 bits per heavy atom. The lowest BCUT2D eigenvalue weighted by Gasteiger charge is -2.16. The fourth-order valence-corrected chi connectivity index (χ4v) is 4.87. The number of halogens is 2. The van der Waals surface area contributed by atoms with Gasteiger partial charge in [-0.05, 0) is 43.0 Å². The molecule has 0 aliphatic heterocycles. The van der Waals surface area contributed by atoms with Crippen molar-refractivity contribution < 1.29 is 0 Å². The van der Waals surface area contributed by atoms with Crippen LogP contribution in [0.3, 0.4) is 0 Å². The monoisotopic (exact) mass is 322 g/mol. The van der Waals surface area contributed by atoms with Crippen LogP contribution in [0, 0.1) is 6.92 Å². The van der Waals surface area contributed by atoms with Gasteiger partial charge in [0, 0.05) is 0 Å². The zero-order chi connectivity index (χ0) is 14.4. The minimum Gasteiger partial charge on any atom is -0.146 e. The van der Waals surface area contributed by atoms with Crippen molar-refractivity contribution in [2.45, 2.75) is 31.9 Å². The van der Waals surface area contributed by atoms with Crippen molar-refractivity contribution in [3.8, 4) is 0 Å². The van der Waals surface area contributed by atoms with Gasteiger partial charge in [-0.3, -0.25) is 0 Å². The molecule has 0 amide bonds. The predicted octanol–water partition coefficient (Wildman–Crippen LogP) is 5.70. The zero-order valence-corrected chi connectivity index (χ0v) is 14.3. The van der Waals surface area contributed by atoms with Crippen molar-refractivity contribution in [1.29, 1.82) is 0 Å². The molecule has 0 aliphatic rings. The average Bonchev–Trinajstić information content (AvgIpc) is 2.46. The van der Waals surface area contributed by atoms with Gasteiger partial charge in [0.25, 0.3) is 6.69 Å². The molecule has 0 atom stereocenters. The highest BCUT2D eigenvalue weighted by Gasteiger charge is 2.27. The normalized spacial score (nSPS) is 11.6. The van der Waals surface area contributed by atoms with Crippen LogP contribution in [-0.4, -0.2) is 6.69 Å². The van der Waals surface area contributed by atoms with Gasteiger partial charge in [0.15, 0.2) is 0 Å². The number of benzene rings is 2. The first-order valence-electron chi connectivity index (χ1n) is 7.02. The lowest BCUT2D eigenvalue weighted by molar-refractivity contribution is 1.06. The molecule has 20 heavy (non-hydrogen) atoms. The summed E-state index contributed by atoms with van der Waals surface area (Å²) in [6.07, 6.45) is 1.96. The molecule has 0 bridgehead atoms. The first kappa shape index (κ1) is 15.6. The molecular weight excluding hydrogens is 303 g/mol. The maximum absolute atomic E-state index is 6.57. The largest absolute Gasteiger partial charge is 0.252 e. The van der Waals surface area contributed by atoms with Crippen LogP contribution in [0.2, 0.25) is 12.1 Å². The topological polar surface area (TPSA) is 0 Å². The van der Waals surface area contributed by atoms with Crippen LogP contribution >= 0.6 is 22.2 Å². The SMILES string of the molecule is Cc1ccc(CC[Si](Cl)(Cl)CCc2ccccc2)cc1. The number of hydrogen-bond donors (Lipinski definition) is 0. The molecular formula is C17H20Cl2Si. The van der Waals surface area contributed by atoms with E-state index in [1.165, 1.54) is 16.7 Å². The maximum Gasteiger partial charge on any atom is 0.252 e. The Morgan fingerprint density at radius 2 is 1.25 bits per heavy atom.